The van der Waals surface area contributed by atoms with E-state index >= 15 is 0 Å². The Morgan fingerprint density at radius 2 is 1.69 bits per heavy atom. The van der Waals surface area contributed by atoms with Gasteiger partial charge in [-0.2, -0.15) is 0 Å². The minimum Gasteiger partial charge on any atom is -0.354 e. The first-order valence-electron chi connectivity index (χ1n) is 8.55. The summed E-state index contributed by atoms with van der Waals surface area (Å²) in [5, 5.41) is 2.84. The highest BCUT2D eigenvalue weighted by Gasteiger charge is 2.11. The van der Waals surface area contributed by atoms with Crippen LogP contribution >= 0.6 is 0 Å². The fourth-order valence-corrected chi connectivity index (χ4v) is 2.86. The van der Waals surface area contributed by atoms with Crippen molar-refractivity contribution in [2.24, 2.45) is 7.05 Å². The lowest BCUT2D eigenvalue weighted by Crippen LogP contribution is -2.29. The van der Waals surface area contributed by atoms with Crippen LogP contribution in [0.1, 0.15) is 27.2 Å². The van der Waals surface area contributed by atoms with E-state index in [-0.39, 0.29) is 16.9 Å². The molecule has 3 rings (SSSR count). The van der Waals surface area contributed by atoms with Crippen molar-refractivity contribution in [2.45, 2.75) is 20.4 Å². The molecule has 0 spiro atoms. The van der Waals surface area contributed by atoms with Crippen LogP contribution in [0, 0.1) is 13.8 Å². The summed E-state index contributed by atoms with van der Waals surface area (Å²) < 4.78 is 1.77. The number of hydrogen-bond donors (Lipinski definition) is 1. The van der Waals surface area contributed by atoms with Crippen LogP contribution in [0.3, 0.4) is 0 Å². The van der Waals surface area contributed by atoms with Gasteiger partial charge in [0.2, 0.25) is 0 Å². The number of aromatic nitrogens is 1. The quantitative estimate of drug-likeness (QED) is 0.785. The number of carbonyl (C=O) groups excluding carboxylic acids is 1. The van der Waals surface area contributed by atoms with E-state index in [0.717, 1.165) is 22.4 Å². The topological polar surface area (TPSA) is 51.1 Å². The molecule has 0 aliphatic carbocycles. The Labute approximate surface area is 153 Å². The number of hydrogen-bond acceptors (Lipinski definition) is 2. The number of pyridine rings is 1. The molecule has 0 atom stereocenters. The Hall–Kier alpha value is -3.14. The first-order valence-corrected chi connectivity index (χ1v) is 8.55. The highest BCUT2D eigenvalue weighted by molar-refractivity contribution is 5.93. The third kappa shape index (κ3) is 3.91. The molecule has 0 bridgehead atoms. The standard InChI is InChI=1S/C22H22N2O2/c1-15-6-4-8-18(10-15)19-9-5-7-17(12-19)13-23-22(26)20-14-24(3)16(2)11-21(20)25/h4-12,14H,13H2,1-3H3,(H,23,26). The van der Waals surface area contributed by atoms with Crippen molar-refractivity contribution in [3.63, 3.8) is 0 Å². The van der Waals surface area contributed by atoms with Gasteiger partial charge < -0.3 is 9.88 Å². The van der Waals surface area contributed by atoms with Crippen LogP contribution in [-0.2, 0) is 13.6 Å². The molecule has 0 aliphatic rings. The van der Waals surface area contributed by atoms with Gasteiger partial charge in [-0.1, -0.05) is 48.0 Å². The molecule has 1 aromatic heterocycles. The molecule has 26 heavy (non-hydrogen) atoms. The minimum atomic E-state index is -0.355. The van der Waals surface area contributed by atoms with Crippen molar-refractivity contribution in [1.82, 2.24) is 9.88 Å². The van der Waals surface area contributed by atoms with E-state index in [1.807, 2.05) is 32.2 Å². The third-order valence-corrected chi connectivity index (χ3v) is 4.46. The number of nitrogens with zero attached hydrogens (tertiary/aromatic N) is 1. The molecule has 2 aromatic carbocycles. The van der Waals surface area contributed by atoms with E-state index in [2.05, 4.69) is 42.6 Å². The van der Waals surface area contributed by atoms with Gasteiger partial charge in [0.25, 0.3) is 5.91 Å². The second kappa shape index (κ2) is 7.40. The van der Waals surface area contributed by atoms with Gasteiger partial charge in [-0.15, -0.1) is 0 Å². The molecule has 0 saturated carbocycles. The average molecular weight is 346 g/mol. The molecule has 1 amide bonds. The normalized spacial score (nSPS) is 10.6. The Morgan fingerprint density at radius 3 is 2.42 bits per heavy atom. The Kier molecular flexibility index (Phi) is 5.03. The van der Waals surface area contributed by atoms with Gasteiger partial charge in [-0.05, 0) is 36.6 Å². The first kappa shape index (κ1) is 17.7. The Bertz CT molecular complexity index is 1020. The molecule has 1 N–H and O–H groups in total. The van der Waals surface area contributed by atoms with E-state index in [4.69, 9.17) is 0 Å². The van der Waals surface area contributed by atoms with Crippen molar-refractivity contribution in [3.05, 3.63) is 93.4 Å². The number of aryl methyl sites for hydroxylation is 3. The second-order valence-electron chi connectivity index (χ2n) is 6.56. The summed E-state index contributed by atoms with van der Waals surface area (Å²) in [6.07, 6.45) is 1.58. The maximum absolute atomic E-state index is 12.4. The summed E-state index contributed by atoms with van der Waals surface area (Å²) in [5.41, 5.74) is 5.16. The molecule has 4 nitrogen and oxygen atoms in total. The van der Waals surface area contributed by atoms with Crippen molar-refractivity contribution in [2.75, 3.05) is 0 Å². The van der Waals surface area contributed by atoms with Crippen LogP contribution in [0.5, 0.6) is 0 Å². The lowest BCUT2D eigenvalue weighted by molar-refractivity contribution is 0.0949. The van der Waals surface area contributed by atoms with E-state index in [1.165, 1.54) is 11.6 Å². The van der Waals surface area contributed by atoms with Crippen LogP contribution < -0.4 is 10.7 Å². The van der Waals surface area contributed by atoms with Crippen LogP contribution in [0.25, 0.3) is 11.1 Å². The lowest BCUT2D eigenvalue weighted by atomic mass is 10.0. The largest absolute Gasteiger partial charge is 0.354 e. The second-order valence-corrected chi connectivity index (χ2v) is 6.56. The maximum Gasteiger partial charge on any atom is 0.257 e. The zero-order chi connectivity index (χ0) is 18.7. The van der Waals surface area contributed by atoms with Gasteiger partial charge in [0, 0.05) is 31.5 Å². The fourth-order valence-electron chi connectivity index (χ4n) is 2.86. The van der Waals surface area contributed by atoms with Crippen molar-refractivity contribution in [1.29, 1.82) is 0 Å². The average Bonchev–Trinajstić information content (AvgIpc) is 2.63. The molecule has 3 aromatic rings. The van der Waals surface area contributed by atoms with Gasteiger partial charge in [-0.3, -0.25) is 9.59 Å². The molecule has 0 radical (unpaired) electrons. The first-order chi connectivity index (χ1) is 12.4. The van der Waals surface area contributed by atoms with Gasteiger partial charge in [0.05, 0.1) is 0 Å². The minimum absolute atomic E-state index is 0.160. The molecule has 0 unspecified atom stereocenters. The summed E-state index contributed by atoms with van der Waals surface area (Å²) in [5.74, 6) is -0.355. The summed E-state index contributed by atoms with van der Waals surface area (Å²) in [7, 11) is 1.82. The predicted molar refractivity (Wildman–Crippen MR) is 104 cm³/mol. The SMILES string of the molecule is Cc1cccc(-c2cccc(CNC(=O)c3cn(C)c(C)cc3=O)c2)c1. The summed E-state index contributed by atoms with van der Waals surface area (Å²) in [6, 6.07) is 17.8. The summed E-state index contributed by atoms with van der Waals surface area (Å²) in [4.78, 5) is 24.4. The summed E-state index contributed by atoms with van der Waals surface area (Å²) >= 11 is 0. The highest BCUT2D eigenvalue weighted by atomic mass is 16.2. The van der Waals surface area contributed by atoms with Gasteiger partial charge in [0.15, 0.2) is 5.43 Å². The van der Waals surface area contributed by atoms with Crippen molar-refractivity contribution >= 4 is 5.91 Å². The maximum atomic E-state index is 12.4. The van der Waals surface area contributed by atoms with Crippen LogP contribution in [0.15, 0.2) is 65.6 Å². The number of carbonyl (C=O) groups is 1. The lowest BCUT2D eigenvalue weighted by Gasteiger charge is -2.10. The Morgan fingerprint density at radius 1 is 1.00 bits per heavy atom. The smallest absolute Gasteiger partial charge is 0.257 e. The molecule has 4 heteroatoms. The van der Waals surface area contributed by atoms with E-state index < -0.39 is 0 Å². The predicted octanol–water partition coefficient (Wildman–Crippen LogP) is 3.60. The Balaban J connectivity index is 1.76. The van der Waals surface area contributed by atoms with Crippen molar-refractivity contribution < 1.29 is 4.79 Å². The van der Waals surface area contributed by atoms with Crippen molar-refractivity contribution in [3.8, 4) is 11.1 Å². The molecule has 0 aliphatic heterocycles. The fraction of sp³-hybridized carbons (Fsp3) is 0.182. The number of rotatable bonds is 4. The number of benzene rings is 2. The van der Waals surface area contributed by atoms with Gasteiger partial charge in [0.1, 0.15) is 5.56 Å². The number of amides is 1. The molecular weight excluding hydrogens is 324 g/mol. The van der Waals surface area contributed by atoms with Crippen LogP contribution in [-0.4, -0.2) is 10.5 Å². The zero-order valence-electron chi connectivity index (χ0n) is 15.2. The van der Waals surface area contributed by atoms with Crippen LogP contribution in [0.4, 0.5) is 0 Å². The van der Waals surface area contributed by atoms with E-state index in [0.29, 0.717) is 6.54 Å². The van der Waals surface area contributed by atoms with Crippen LogP contribution in [0.2, 0.25) is 0 Å². The van der Waals surface area contributed by atoms with Gasteiger partial charge >= 0.3 is 0 Å². The highest BCUT2D eigenvalue weighted by Crippen LogP contribution is 2.21. The van der Waals surface area contributed by atoms with E-state index in [9.17, 15) is 9.59 Å². The molecule has 0 saturated heterocycles. The molecule has 1 heterocycles. The zero-order valence-corrected chi connectivity index (χ0v) is 15.2. The monoisotopic (exact) mass is 346 g/mol. The molecular formula is C22H22N2O2. The van der Waals surface area contributed by atoms with Gasteiger partial charge in [-0.25, -0.2) is 0 Å². The number of nitrogens with one attached hydrogen (secondary N) is 1. The summed E-state index contributed by atoms with van der Waals surface area (Å²) in [6.45, 7) is 4.27. The molecule has 132 valence electrons. The van der Waals surface area contributed by atoms with E-state index in [1.54, 1.807) is 10.8 Å². The third-order valence-electron chi connectivity index (χ3n) is 4.46. The molecule has 0 fully saturated rings.